The van der Waals surface area contributed by atoms with E-state index in [2.05, 4.69) is 12.2 Å². The van der Waals surface area contributed by atoms with Crippen molar-refractivity contribution < 1.29 is 14.3 Å². The van der Waals surface area contributed by atoms with Gasteiger partial charge in [-0.25, -0.2) is 4.79 Å². The monoisotopic (exact) mass is 371 g/mol. The van der Waals surface area contributed by atoms with Gasteiger partial charge in [0.05, 0.1) is 0 Å². The van der Waals surface area contributed by atoms with Crippen molar-refractivity contribution in [1.29, 1.82) is 0 Å². The lowest BCUT2D eigenvalue weighted by Crippen LogP contribution is -2.30. The van der Waals surface area contributed by atoms with Crippen LogP contribution in [0.4, 0.5) is 0 Å². The SMILES string of the molecule is CC[C@H]1CCc2sc(C(=O)OCC(=O)NCCc3ccccc3)cc2C1. The number of carbonyl (C=O) groups is 2. The largest absolute Gasteiger partial charge is 0.451 e. The van der Waals surface area contributed by atoms with E-state index >= 15 is 0 Å². The molecule has 4 nitrogen and oxygen atoms in total. The molecular formula is C21H25NO3S. The van der Waals surface area contributed by atoms with Crippen LogP contribution in [0.15, 0.2) is 36.4 Å². The van der Waals surface area contributed by atoms with E-state index in [1.54, 1.807) is 0 Å². The first-order chi connectivity index (χ1) is 12.7. The van der Waals surface area contributed by atoms with Gasteiger partial charge >= 0.3 is 5.97 Å². The minimum absolute atomic E-state index is 0.228. The fraction of sp³-hybridized carbons (Fsp3) is 0.429. The predicted molar refractivity (Wildman–Crippen MR) is 104 cm³/mol. The minimum Gasteiger partial charge on any atom is -0.451 e. The molecule has 2 aromatic rings. The molecule has 1 aromatic carbocycles. The maximum absolute atomic E-state index is 12.2. The molecule has 1 aliphatic carbocycles. The maximum Gasteiger partial charge on any atom is 0.348 e. The summed E-state index contributed by atoms with van der Waals surface area (Å²) in [4.78, 5) is 26.0. The van der Waals surface area contributed by atoms with Crippen LogP contribution < -0.4 is 5.32 Å². The Labute approximate surface area is 158 Å². The fourth-order valence-corrected chi connectivity index (χ4v) is 4.39. The van der Waals surface area contributed by atoms with E-state index in [1.165, 1.54) is 40.2 Å². The molecule has 0 radical (unpaired) electrons. The number of esters is 1. The molecule has 1 aliphatic rings. The molecule has 0 fully saturated rings. The zero-order chi connectivity index (χ0) is 18.4. The lowest BCUT2D eigenvalue weighted by molar-refractivity contribution is -0.124. The van der Waals surface area contributed by atoms with Crippen molar-refractivity contribution >= 4 is 23.2 Å². The standard InChI is InChI=1S/C21H25NO3S/c1-2-15-8-9-18-17(12-15)13-19(26-18)21(24)25-14-20(23)22-11-10-16-6-4-3-5-7-16/h3-7,13,15H,2,8-12,14H2,1H3,(H,22,23)/t15-/m0/s1. The molecule has 5 heteroatoms. The second-order valence-electron chi connectivity index (χ2n) is 6.74. The van der Waals surface area contributed by atoms with Gasteiger partial charge < -0.3 is 10.1 Å². The molecular weight excluding hydrogens is 346 g/mol. The number of aryl methyl sites for hydroxylation is 1. The molecule has 0 aliphatic heterocycles. The van der Waals surface area contributed by atoms with E-state index in [0.717, 1.165) is 25.2 Å². The lowest BCUT2D eigenvalue weighted by Gasteiger charge is -2.19. The summed E-state index contributed by atoms with van der Waals surface area (Å²) in [5.74, 6) is 0.0636. The molecule has 1 heterocycles. The molecule has 0 saturated carbocycles. The zero-order valence-electron chi connectivity index (χ0n) is 15.1. The van der Waals surface area contributed by atoms with Crippen molar-refractivity contribution in [2.24, 2.45) is 5.92 Å². The first-order valence-electron chi connectivity index (χ1n) is 9.25. The third-order valence-electron chi connectivity index (χ3n) is 4.88. The van der Waals surface area contributed by atoms with Gasteiger partial charge in [0.1, 0.15) is 4.88 Å². The van der Waals surface area contributed by atoms with E-state index in [9.17, 15) is 9.59 Å². The maximum atomic E-state index is 12.2. The number of ether oxygens (including phenoxy) is 1. The molecule has 1 amide bonds. The van der Waals surface area contributed by atoms with Gasteiger partial charge in [0.15, 0.2) is 6.61 Å². The van der Waals surface area contributed by atoms with Crippen LogP contribution in [0, 0.1) is 5.92 Å². The molecule has 0 bridgehead atoms. The Morgan fingerprint density at radius 2 is 2.08 bits per heavy atom. The van der Waals surface area contributed by atoms with Gasteiger partial charge in [-0.05, 0) is 48.8 Å². The molecule has 0 spiro atoms. The highest BCUT2D eigenvalue weighted by Crippen LogP contribution is 2.33. The van der Waals surface area contributed by atoms with Gasteiger partial charge in [-0.15, -0.1) is 11.3 Å². The first-order valence-corrected chi connectivity index (χ1v) is 10.1. The van der Waals surface area contributed by atoms with Crippen LogP contribution in [0.3, 0.4) is 0 Å². The van der Waals surface area contributed by atoms with E-state index in [0.29, 0.717) is 11.4 Å². The summed E-state index contributed by atoms with van der Waals surface area (Å²) in [5, 5.41) is 2.79. The summed E-state index contributed by atoms with van der Waals surface area (Å²) in [7, 11) is 0. The van der Waals surface area contributed by atoms with Crippen LogP contribution in [0.25, 0.3) is 0 Å². The van der Waals surface area contributed by atoms with Gasteiger partial charge in [0, 0.05) is 11.4 Å². The Hall–Kier alpha value is -2.14. The average molecular weight is 372 g/mol. The molecule has 26 heavy (non-hydrogen) atoms. The van der Waals surface area contributed by atoms with Crippen molar-refractivity contribution in [2.45, 2.75) is 39.0 Å². The first kappa shape index (κ1) is 18.6. The fourth-order valence-electron chi connectivity index (χ4n) is 3.29. The van der Waals surface area contributed by atoms with Crippen molar-refractivity contribution in [3.63, 3.8) is 0 Å². The highest BCUT2D eigenvalue weighted by atomic mass is 32.1. The summed E-state index contributed by atoms with van der Waals surface area (Å²) in [5.41, 5.74) is 2.45. The Bertz CT molecular complexity index is 754. The highest BCUT2D eigenvalue weighted by Gasteiger charge is 2.22. The van der Waals surface area contributed by atoms with Crippen LogP contribution in [0.5, 0.6) is 0 Å². The second-order valence-corrected chi connectivity index (χ2v) is 7.87. The van der Waals surface area contributed by atoms with Crippen molar-refractivity contribution in [2.75, 3.05) is 13.2 Å². The topological polar surface area (TPSA) is 55.4 Å². The van der Waals surface area contributed by atoms with Crippen molar-refractivity contribution in [1.82, 2.24) is 5.32 Å². The summed E-state index contributed by atoms with van der Waals surface area (Å²) >= 11 is 1.52. The van der Waals surface area contributed by atoms with Gasteiger partial charge in [-0.2, -0.15) is 0 Å². The molecule has 1 aromatic heterocycles. The summed E-state index contributed by atoms with van der Waals surface area (Å²) in [6, 6.07) is 11.9. The van der Waals surface area contributed by atoms with Crippen LogP contribution in [0.2, 0.25) is 0 Å². The molecule has 1 atom stereocenters. The van der Waals surface area contributed by atoms with E-state index < -0.39 is 5.97 Å². The normalized spacial score (nSPS) is 16.0. The van der Waals surface area contributed by atoms with Crippen LogP contribution in [-0.4, -0.2) is 25.0 Å². The Balaban J connectivity index is 1.42. The van der Waals surface area contributed by atoms with Gasteiger partial charge in [0.25, 0.3) is 5.91 Å². The van der Waals surface area contributed by atoms with Gasteiger partial charge in [-0.3, -0.25) is 4.79 Å². The number of carbonyl (C=O) groups excluding carboxylic acids is 2. The molecule has 138 valence electrons. The summed E-state index contributed by atoms with van der Waals surface area (Å²) < 4.78 is 5.18. The van der Waals surface area contributed by atoms with E-state index in [1.807, 2.05) is 36.4 Å². The quantitative estimate of drug-likeness (QED) is 0.754. The number of nitrogens with one attached hydrogen (secondary N) is 1. The minimum atomic E-state index is -0.393. The Kier molecular flexibility index (Phi) is 6.45. The number of amides is 1. The number of thiophene rings is 1. The molecule has 3 rings (SSSR count). The van der Waals surface area contributed by atoms with Crippen molar-refractivity contribution in [3.05, 3.63) is 57.3 Å². The van der Waals surface area contributed by atoms with Crippen LogP contribution in [0.1, 0.15) is 45.4 Å². The predicted octanol–water partition coefficient (Wildman–Crippen LogP) is 3.78. The number of rotatable bonds is 7. The third-order valence-corrected chi connectivity index (χ3v) is 6.09. The third kappa shape index (κ3) is 4.94. The second kappa shape index (κ2) is 8.99. The Morgan fingerprint density at radius 3 is 2.85 bits per heavy atom. The lowest BCUT2D eigenvalue weighted by atomic mass is 9.87. The van der Waals surface area contributed by atoms with Crippen molar-refractivity contribution in [3.8, 4) is 0 Å². The van der Waals surface area contributed by atoms with Crippen LogP contribution in [-0.2, 0) is 28.8 Å². The van der Waals surface area contributed by atoms with Gasteiger partial charge in [-0.1, -0.05) is 43.7 Å². The summed E-state index contributed by atoms with van der Waals surface area (Å²) in [6.07, 6.45) is 5.23. The molecule has 0 saturated heterocycles. The van der Waals surface area contributed by atoms with E-state index in [4.69, 9.17) is 4.74 Å². The average Bonchev–Trinajstić information content (AvgIpc) is 3.10. The van der Waals surface area contributed by atoms with Gasteiger partial charge in [0.2, 0.25) is 0 Å². The summed E-state index contributed by atoms with van der Waals surface area (Å²) in [6.45, 7) is 2.52. The van der Waals surface area contributed by atoms with Crippen LogP contribution >= 0.6 is 11.3 Å². The zero-order valence-corrected chi connectivity index (χ0v) is 15.9. The van der Waals surface area contributed by atoms with E-state index in [-0.39, 0.29) is 12.5 Å². The molecule has 1 N–H and O–H groups in total. The number of benzene rings is 1. The number of fused-ring (bicyclic) bond motifs is 1. The Morgan fingerprint density at radius 1 is 1.27 bits per heavy atom. The molecule has 0 unspecified atom stereocenters. The highest BCUT2D eigenvalue weighted by molar-refractivity contribution is 7.14. The smallest absolute Gasteiger partial charge is 0.348 e. The number of hydrogen-bond donors (Lipinski definition) is 1. The number of hydrogen-bond acceptors (Lipinski definition) is 4.